The van der Waals surface area contributed by atoms with Crippen LogP contribution in [0, 0.1) is 0 Å². The quantitative estimate of drug-likeness (QED) is 0.594. The highest BCUT2D eigenvalue weighted by Crippen LogP contribution is 2.20. The molecule has 0 aromatic carbocycles. The van der Waals surface area contributed by atoms with Crippen LogP contribution in [0.1, 0.15) is 18.4 Å². The number of likely N-dealkylation sites (tertiary alicyclic amines) is 1. The molecular formula is C12H19N5. The molecule has 2 heterocycles. The first kappa shape index (κ1) is 11.9. The number of amidine groups is 1. The van der Waals surface area contributed by atoms with E-state index in [4.69, 9.17) is 5.73 Å². The van der Waals surface area contributed by atoms with Crippen LogP contribution in [-0.4, -0.2) is 48.6 Å². The van der Waals surface area contributed by atoms with Crippen LogP contribution in [0.5, 0.6) is 0 Å². The van der Waals surface area contributed by atoms with Crippen LogP contribution in [0.4, 0.5) is 5.82 Å². The lowest BCUT2D eigenvalue weighted by molar-refractivity contribution is 0.314. The van der Waals surface area contributed by atoms with Crippen molar-refractivity contribution in [1.82, 2.24) is 9.88 Å². The molecule has 5 nitrogen and oxygen atoms in total. The van der Waals surface area contributed by atoms with Gasteiger partial charge >= 0.3 is 0 Å². The minimum Gasteiger partial charge on any atom is -0.356 e. The first-order valence-electron chi connectivity index (χ1n) is 5.88. The number of aromatic amines is 1. The summed E-state index contributed by atoms with van der Waals surface area (Å²) in [6.45, 7) is 5.47. The number of hydrogen-bond acceptors (Lipinski definition) is 3. The largest absolute Gasteiger partial charge is 0.356 e. The van der Waals surface area contributed by atoms with E-state index in [9.17, 15) is 0 Å². The van der Waals surface area contributed by atoms with Gasteiger partial charge in [0.2, 0.25) is 0 Å². The predicted octanol–water partition coefficient (Wildman–Crippen LogP) is 1.15. The van der Waals surface area contributed by atoms with Gasteiger partial charge in [-0.25, -0.2) is 4.99 Å². The highest BCUT2D eigenvalue weighted by Gasteiger charge is 2.21. The van der Waals surface area contributed by atoms with Crippen molar-refractivity contribution in [1.29, 1.82) is 0 Å². The van der Waals surface area contributed by atoms with Gasteiger partial charge in [0.1, 0.15) is 11.7 Å². The van der Waals surface area contributed by atoms with Crippen molar-refractivity contribution in [3.63, 3.8) is 0 Å². The van der Waals surface area contributed by atoms with Gasteiger partial charge in [-0.2, -0.15) is 0 Å². The Morgan fingerprint density at radius 2 is 2.24 bits per heavy atom. The van der Waals surface area contributed by atoms with E-state index in [1.165, 1.54) is 0 Å². The summed E-state index contributed by atoms with van der Waals surface area (Å²) < 4.78 is 0. The Morgan fingerprint density at radius 1 is 1.53 bits per heavy atom. The highest BCUT2D eigenvalue weighted by atomic mass is 15.2. The van der Waals surface area contributed by atoms with Crippen LogP contribution in [-0.2, 0) is 0 Å². The number of nitrogens with zero attached hydrogens (tertiary/aromatic N) is 3. The zero-order valence-electron chi connectivity index (χ0n) is 10.2. The molecule has 5 heteroatoms. The Balaban J connectivity index is 2.20. The first-order chi connectivity index (χ1) is 8.26. The van der Waals surface area contributed by atoms with E-state index < -0.39 is 0 Å². The maximum atomic E-state index is 5.91. The van der Waals surface area contributed by atoms with Crippen molar-refractivity contribution in [3.8, 4) is 0 Å². The average molecular weight is 233 g/mol. The van der Waals surface area contributed by atoms with Gasteiger partial charge < -0.3 is 15.6 Å². The van der Waals surface area contributed by atoms with Crippen molar-refractivity contribution in [2.45, 2.75) is 18.9 Å². The molecule has 1 saturated heterocycles. The summed E-state index contributed by atoms with van der Waals surface area (Å²) in [7, 11) is 1.81. The van der Waals surface area contributed by atoms with E-state index in [2.05, 4.69) is 26.6 Å². The fourth-order valence-corrected chi connectivity index (χ4v) is 2.22. The summed E-state index contributed by atoms with van der Waals surface area (Å²) in [6, 6.07) is 2.31. The van der Waals surface area contributed by atoms with Crippen molar-refractivity contribution in [3.05, 3.63) is 17.8 Å². The zero-order chi connectivity index (χ0) is 12.3. The fraction of sp³-hybridized carbons (Fsp3) is 0.500. The number of aromatic nitrogens is 1. The summed E-state index contributed by atoms with van der Waals surface area (Å²) in [5.41, 5.74) is 6.92. The Kier molecular flexibility index (Phi) is 3.58. The molecule has 1 aromatic rings. The second-order valence-electron chi connectivity index (χ2n) is 4.27. The van der Waals surface area contributed by atoms with Gasteiger partial charge in [-0.05, 0) is 25.6 Å². The number of aliphatic imine (C=N–C) groups is 2. The van der Waals surface area contributed by atoms with Gasteiger partial charge in [0, 0.05) is 32.4 Å². The molecule has 1 aliphatic rings. The number of rotatable bonds is 2. The Bertz CT molecular complexity index is 412. The summed E-state index contributed by atoms with van der Waals surface area (Å²) in [5.74, 6) is 1.75. The molecule has 92 valence electrons. The van der Waals surface area contributed by atoms with Crippen molar-refractivity contribution in [2.24, 2.45) is 15.7 Å². The lowest BCUT2D eigenvalue weighted by atomic mass is 10.1. The van der Waals surface area contributed by atoms with Gasteiger partial charge in [0.15, 0.2) is 0 Å². The molecule has 0 bridgehead atoms. The molecule has 3 N–H and O–H groups in total. The number of hydrogen-bond donors (Lipinski definition) is 2. The van der Waals surface area contributed by atoms with E-state index >= 15 is 0 Å². The smallest absolute Gasteiger partial charge is 0.140 e. The van der Waals surface area contributed by atoms with Crippen LogP contribution in [0.25, 0.3) is 0 Å². The Morgan fingerprint density at radius 3 is 2.82 bits per heavy atom. The minimum absolute atomic E-state index is 0.326. The van der Waals surface area contributed by atoms with E-state index in [1.807, 2.05) is 19.3 Å². The molecule has 0 aliphatic carbocycles. The van der Waals surface area contributed by atoms with E-state index in [0.717, 1.165) is 43.1 Å². The Labute approximate surface area is 101 Å². The third-order valence-electron chi connectivity index (χ3n) is 3.18. The van der Waals surface area contributed by atoms with Crippen molar-refractivity contribution < 1.29 is 0 Å². The van der Waals surface area contributed by atoms with E-state index in [-0.39, 0.29) is 0 Å². The van der Waals surface area contributed by atoms with Gasteiger partial charge in [0.25, 0.3) is 0 Å². The molecule has 0 amide bonds. The van der Waals surface area contributed by atoms with Crippen LogP contribution < -0.4 is 5.73 Å². The topological polar surface area (TPSA) is 69.8 Å². The monoisotopic (exact) mass is 233 g/mol. The molecule has 2 rings (SSSR count). The summed E-state index contributed by atoms with van der Waals surface area (Å²) in [6.07, 6.45) is 3.89. The molecule has 0 unspecified atom stereocenters. The fourth-order valence-electron chi connectivity index (χ4n) is 2.22. The lowest BCUT2D eigenvalue weighted by Gasteiger charge is -2.32. The first-order valence-corrected chi connectivity index (χ1v) is 5.88. The number of piperidine rings is 1. The van der Waals surface area contributed by atoms with Gasteiger partial charge in [-0.15, -0.1) is 0 Å². The van der Waals surface area contributed by atoms with Crippen LogP contribution >= 0.6 is 0 Å². The maximum absolute atomic E-state index is 5.91. The molecular weight excluding hydrogens is 214 g/mol. The second kappa shape index (κ2) is 5.14. The number of H-pyrrole nitrogens is 1. The predicted molar refractivity (Wildman–Crippen MR) is 71.2 cm³/mol. The molecule has 1 aromatic heterocycles. The molecule has 0 radical (unpaired) electrons. The lowest BCUT2D eigenvalue weighted by Crippen LogP contribution is -2.43. The third-order valence-corrected chi connectivity index (χ3v) is 3.18. The van der Waals surface area contributed by atoms with E-state index in [1.54, 1.807) is 0 Å². The standard InChI is InChI=1S/C12H19N5/c1-14-11-10(3-6-16-11)12(15-2)17-7-4-9(13)5-8-17/h3,6,9,16H,1,4-5,7-8,13H2,2H3. The summed E-state index contributed by atoms with van der Waals surface area (Å²) in [4.78, 5) is 13.7. The third kappa shape index (κ3) is 2.39. The normalized spacial score (nSPS) is 18.5. The average Bonchev–Trinajstić information content (AvgIpc) is 2.81. The highest BCUT2D eigenvalue weighted by molar-refractivity contribution is 6.02. The Hall–Kier alpha value is -1.62. The van der Waals surface area contributed by atoms with Gasteiger partial charge in [-0.1, -0.05) is 0 Å². The molecule has 0 saturated carbocycles. The van der Waals surface area contributed by atoms with Crippen molar-refractivity contribution >= 4 is 18.4 Å². The SMILES string of the molecule is C=Nc1[nH]ccc1C(=NC)N1CCC(N)CC1. The zero-order valence-corrected chi connectivity index (χ0v) is 10.2. The maximum Gasteiger partial charge on any atom is 0.140 e. The second-order valence-corrected chi connectivity index (χ2v) is 4.27. The van der Waals surface area contributed by atoms with Crippen molar-refractivity contribution in [2.75, 3.05) is 20.1 Å². The van der Waals surface area contributed by atoms with Gasteiger partial charge in [-0.3, -0.25) is 4.99 Å². The molecule has 0 atom stereocenters. The van der Waals surface area contributed by atoms with Gasteiger partial charge in [0.05, 0.1) is 5.56 Å². The minimum atomic E-state index is 0.326. The number of nitrogens with two attached hydrogens (primary N) is 1. The van der Waals surface area contributed by atoms with Crippen LogP contribution in [0.3, 0.4) is 0 Å². The van der Waals surface area contributed by atoms with Crippen LogP contribution in [0.2, 0.25) is 0 Å². The van der Waals surface area contributed by atoms with Crippen LogP contribution in [0.15, 0.2) is 22.2 Å². The molecule has 1 fully saturated rings. The number of nitrogens with one attached hydrogen (secondary N) is 1. The molecule has 17 heavy (non-hydrogen) atoms. The molecule has 0 spiro atoms. The molecule has 1 aliphatic heterocycles. The summed E-state index contributed by atoms with van der Waals surface area (Å²) in [5, 5.41) is 0. The summed E-state index contributed by atoms with van der Waals surface area (Å²) >= 11 is 0. The van der Waals surface area contributed by atoms with E-state index in [0.29, 0.717) is 6.04 Å².